The highest BCUT2D eigenvalue weighted by molar-refractivity contribution is 7.90. The minimum Gasteiger partial charge on any atom is -0.365 e. The van der Waals surface area contributed by atoms with Crippen LogP contribution in [-0.2, 0) is 21.8 Å². The van der Waals surface area contributed by atoms with Crippen LogP contribution >= 0.6 is 0 Å². The second-order valence-electron chi connectivity index (χ2n) is 8.79. The van der Waals surface area contributed by atoms with Gasteiger partial charge in [-0.3, -0.25) is 0 Å². The number of aromatic nitrogens is 2. The predicted molar refractivity (Wildman–Crippen MR) is 117 cm³/mol. The summed E-state index contributed by atoms with van der Waals surface area (Å²) in [5.41, 5.74) is 0.382. The third-order valence-corrected chi connectivity index (χ3v) is 6.23. The summed E-state index contributed by atoms with van der Waals surface area (Å²) in [7, 11) is -3.43. The number of hydrogen-bond donors (Lipinski definition) is 2. The summed E-state index contributed by atoms with van der Waals surface area (Å²) in [6.45, 7) is 5.54. The van der Waals surface area contributed by atoms with Gasteiger partial charge in [0, 0.05) is 37.4 Å². The first-order chi connectivity index (χ1) is 14.3. The number of benzene rings is 1. The normalized spacial score (nSPS) is 16.4. The highest BCUT2D eigenvalue weighted by Crippen LogP contribution is 2.34. The lowest BCUT2D eigenvalue weighted by Gasteiger charge is -2.25. The summed E-state index contributed by atoms with van der Waals surface area (Å²) in [5.74, 6) is -1.77. The summed E-state index contributed by atoms with van der Waals surface area (Å²) in [6.07, 6.45) is 1.91. The van der Waals surface area contributed by atoms with Crippen LogP contribution in [0.25, 0.3) is 0 Å². The summed E-state index contributed by atoms with van der Waals surface area (Å²) >= 11 is 0. The van der Waals surface area contributed by atoms with Gasteiger partial charge < -0.3 is 15.6 Å². The molecular formula is C21H27F2N5O2S. The molecule has 2 aromatic rings. The van der Waals surface area contributed by atoms with Crippen molar-refractivity contribution in [3.63, 3.8) is 0 Å². The van der Waals surface area contributed by atoms with E-state index < -0.39 is 27.7 Å². The molecule has 0 radical (unpaired) electrons. The minimum absolute atomic E-state index is 0.130. The monoisotopic (exact) mass is 451 g/mol. The molecule has 7 nitrogen and oxygen atoms in total. The quantitative estimate of drug-likeness (QED) is 0.651. The second kappa shape index (κ2) is 8.14. The molecule has 1 aromatic carbocycles. The van der Waals surface area contributed by atoms with E-state index in [1.54, 1.807) is 18.2 Å². The van der Waals surface area contributed by atoms with E-state index in [1.165, 1.54) is 11.0 Å². The van der Waals surface area contributed by atoms with Gasteiger partial charge in [0.15, 0.2) is 9.84 Å². The summed E-state index contributed by atoms with van der Waals surface area (Å²) in [5, 5.41) is 11.0. The fraction of sp³-hybridized carbons (Fsp3) is 0.476. The van der Waals surface area contributed by atoms with Crippen molar-refractivity contribution in [3.8, 4) is 0 Å². The summed E-state index contributed by atoms with van der Waals surface area (Å²) < 4.78 is 51.9. The first-order valence-corrected chi connectivity index (χ1v) is 11.8. The highest BCUT2D eigenvalue weighted by atomic mass is 32.2. The Bertz CT molecular complexity index is 1100. The van der Waals surface area contributed by atoms with Crippen molar-refractivity contribution in [1.82, 2.24) is 9.97 Å². The lowest BCUT2D eigenvalue weighted by atomic mass is 9.95. The molecule has 0 amide bonds. The topological polar surface area (TPSA) is 99.0 Å². The Labute approximate surface area is 181 Å². The Hall–Kier alpha value is -2.62. The van der Waals surface area contributed by atoms with Crippen LogP contribution in [-0.4, -0.2) is 49.9 Å². The van der Waals surface area contributed by atoms with Gasteiger partial charge >= 0.3 is 0 Å². The van der Waals surface area contributed by atoms with E-state index in [0.29, 0.717) is 22.8 Å². The summed E-state index contributed by atoms with van der Waals surface area (Å²) in [4.78, 5) is 10.8. The average molecular weight is 452 g/mol. The molecule has 0 saturated carbocycles. The molecule has 3 rings (SSSR count). The van der Waals surface area contributed by atoms with E-state index >= 15 is 0 Å². The van der Waals surface area contributed by atoms with E-state index in [1.807, 2.05) is 20.8 Å². The number of rotatable bonds is 6. The minimum atomic E-state index is -3.43. The van der Waals surface area contributed by atoms with Crippen molar-refractivity contribution < 1.29 is 17.2 Å². The van der Waals surface area contributed by atoms with Crippen LogP contribution in [0.3, 0.4) is 0 Å². The van der Waals surface area contributed by atoms with Crippen LogP contribution < -0.4 is 10.2 Å². The fourth-order valence-corrected chi connectivity index (χ4v) is 4.35. The lowest BCUT2D eigenvalue weighted by molar-refractivity contribution is 0.0256. The van der Waals surface area contributed by atoms with Crippen LogP contribution in [0, 0.1) is 5.41 Å². The van der Waals surface area contributed by atoms with Gasteiger partial charge in [-0.05, 0) is 11.6 Å². The molecule has 0 spiro atoms. The first-order valence-electron chi connectivity index (χ1n) is 9.89. The molecule has 168 valence electrons. The molecule has 1 aliphatic rings. The van der Waals surface area contributed by atoms with Gasteiger partial charge in [0.1, 0.15) is 17.5 Å². The van der Waals surface area contributed by atoms with Gasteiger partial charge in [-0.2, -0.15) is 0 Å². The Morgan fingerprint density at radius 3 is 2.48 bits per heavy atom. The molecule has 0 bridgehead atoms. The molecule has 1 fully saturated rings. The maximum absolute atomic E-state index is 13.9. The maximum atomic E-state index is 13.9. The highest BCUT2D eigenvalue weighted by Gasteiger charge is 2.40. The smallest absolute Gasteiger partial charge is 0.266 e. The van der Waals surface area contributed by atoms with Gasteiger partial charge in [-0.25, -0.2) is 27.2 Å². The number of sulfone groups is 1. The Kier molecular flexibility index (Phi) is 6.05. The molecule has 1 saturated heterocycles. The molecule has 0 aliphatic carbocycles. The van der Waals surface area contributed by atoms with Crippen molar-refractivity contribution in [2.75, 3.05) is 29.6 Å². The van der Waals surface area contributed by atoms with Crippen molar-refractivity contribution >= 4 is 27.7 Å². The molecule has 2 N–H and O–H groups in total. The van der Waals surface area contributed by atoms with E-state index in [4.69, 9.17) is 5.41 Å². The van der Waals surface area contributed by atoms with Crippen LogP contribution in [0.5, 0.6) is 0 Å². The summed E-state index contributed by atoms with van der Waals surface area (Å²) in [6, 6.07) is 6.61. The zero-order valence-corrected chi connectivity index (χ0v) is 18.9. The van der Waals surface area contributed by atoms with Crippen molar-refractivity contribution in [1.29, 1.82) is 5.41 Å². The Morgan fingerprint density at radius 1 is 1.26 bits per heavy atom. The van der Waals surface area contributed by atoms with Gasteiger partial charge in [0.2, 0.25) is 0 Å². The third kappa shape index (κ3) is 5.17. The second-order valence-corrected chi connectivity index (χ2v) is 10.8. The van der Waals surface area contributed by atoms with Crippen LogP contribution in [0.4, 0.5) is 20.4 Å². The molecule has 31 heavy (non-hydrogen) atoms. The lowest BCUT2D eigenvalue weighted by Crippen LogP contribution is -2.29. The number of hydrogen-bond acceptors (Lipinski definition) is 7. The third-order valence-electron chi connectivity index (χ3n) is 5.03. The number of anilines is 2. The fourth-order valence-electron chi connectivity index (χ4n) is 3.41. The van der Waals surface area contributed by atoms with Crippen molar-refractivity contribution in [2.45, 2.75) is 50.0 Å². The maximum Gasteiger partial charge on any atom is 0.266 e. The number of nitrogens with one attached hydrogen (secondary N) is 2. The molecule has 10 heteroatoms. The standard InChI is InChI=1S/C21H27F2N5O2S/c1-20(2,3)19-26-17(25-12-14-7-5-6-8-16(14)31(4,29)30)15(11-24)18(27-19)28-10-9-21(22,23)13-28/h5-8,11,24H,9-10,12-13H2,1-4H3,(H,25,26,27). The van der Waals surface area contributed by atoms with Crippen LogP contribution in [0.15, 0.2) is 29.2 Å². The number of alkyl halides is 2. The SMILES string of the molecule is CC(C)(C)c1nc(NCc2ccccc2S(C)(=O)=O)c(C=N)c(N2CCC(F)(F)C2)n1. The molecule has 2 heterocycles. The molecule has 0 atom stereocenters. The van der Waals surface area contributed by atoms with E-state index in [0.717, 1.165) is 12.5 Å². The molecule has 1 aliphatic heterocycles. The van der Waals surface area contributed by atoms with Gasteiger partial charge in [0.25, 0.3) is 5.92 Å². The average Bonchev–Trinajstić information content (AvgIpc) is 3.04. The zero-order chi connectivity index (χ0) is 23.0. The first kappa shape index (κ1) is 23.1. The largest absolute Gasteiger partial charge is 0.365 e. The Balaban J connectivity index is 2.04. The van der Waals surface area contributed by atoms with Gasteiger partial charge in [-0.15, -0.1) is 0 Å². The van der Waals surface area contributed by atoms with E-state index in [-0.39, 0.29) is 30.2 Å². The molecular weight excluding hydrogens is 424 g/mol. The zero-order valence-electron chi connectivity index (χ0n) is 18.0. The van der Waals surface area contributed by atoms with Crippen LogP contribution in [0.2, 0.25) is 0 Å². The van der Waals surface area contributed by atoms with Gasteiger partial charge in [0.05, 0.1) is 17.0 Å². The van der Waals surface area contributed by atoms with Gasteiger partial charge in [-0.1, -0.05) is 39.0 Å². The molecule has 0 unspecified atom stereocenters. The molecule has 1 aromatic heterocycles. The van der Waals surface area contributed by atoms with Crippen LogP contribution in [0.1, 0.15) is 44.1 Å². The van der Waals surface area contributed by atoms with E-state index in [2.05, 4.69) is 15.3 Å². The predicted octanol–water partition coefficient (Wildman–Crippen LogP) is 3.63. The Morgan fingerprint density at radius 2 is 1.94 bits per heavy atom. The van der Waals surface area contributed by atoms with E-state index in [9.17, 15) is 17.2 Å². The number of nitrogens with zero attached hydrogens (tertiary/aromatic N) is 3. The number of halogens is 2. The van der Waals surface area contributed by atoms with Crippen molar-refractivity contribution in [2.24, 2.45) is 0 Å². The van der Waals surface area contributed by atoms with Crippen molar-refractivity contribution in [3.05, 3.63) is 41.2 Å².